The van der Waals surface area contributed by atoms with Gasteiger partial charge in [0.1, 0.15) is 0 Å². The van der Waals surface area contributed by atoms with Crippen LogP contribution in [0.15, 0.2) is 72.1 Å². The summed E-state index contributed by atoms with van der Waals surface area (Å²) in [5.41, 5.74) is 1.26. The minimum atomic E-state index is -3.77. The van der Waals surface area contributed by atoms with Crippen LogP contribution < -0.4 is 10.6 Å². The fraction of sp³-hybridized carbons (Fsp3) is 0.190. The van der Waals surface area contributed by atoms with Gasteiger partial charge in [0.15, 0.2) is 0 Å². The van der Waals surface area contributed by atoms with Crippen molar-refractivity contribution in [1.29, 1.82) is 0 Å². The Balaban J connectivity index is 1.61. The Hall–Kier alpha value is -3.54. The molecule has 0 aliphatic carbocycles. The molecule has 0 radical (unpaired) electrons. The average Bonchev–Trinajstić information content (AvgIpc) is 3.31. The molecule has 3 aromatic rings. The molecule has 0 unspecified atom stereocenters. The number of anilines is 2. The number of hydrogen-bond acceptors (Lipinski definition) is 6. The highest BCUT2D eigenvalue weighted by Gasteiger charge is 2.20. The van der Waals surface area contributed by atoms with E-state index in [1.165, 1.54) is 38.4 Å². The fourth-order valence-electron chi connectivity index (χ4n) is 2.77. The molecule has 2 amide bonds. The maximum atomic E-state index is 12.6. The summed E-state index contributed by atoms with van der Waals surface area (Å²) in [7, 11) is -1.23. The van der Waals surface area contributed by atoms with Crippen LogP contribution in [-0.4, -0.2) is 48.4 Å². The van der Waals surface area contributed by atoms with Crippen LogP contribution in [0.5, 0.6) is 0 Å². The lowest BCUT2D eigenvalue weighted by molar-refractivity contribution is -0.116. The summed E-state index contributed by atoms with van der Waals surface area (Å²) < 4.78 is 27.0. The number of nitrogens with one attached hydrogen (secondary N) is 2. The number of hydroxylamine groups is 1. The van der Waals surface area contributed by atoms with Crippen molar-refractivity contribution in [1.82, 2.24) is 14.0 Å². The van der Waals surface area contributed by atoms with Gasteiger partial charge in [0.25, 0.3) is 15.9 Å². The lowest BCUT2D eigenvalue weighted by Gasteiger charge is -2.14. The van der Waals surface area contributed by atoms with Crippen molar-refractivity contribution < 1.29 is 22.8 Å². The van der Waals surface area contributed by atoms with Crippen LogP contribution in [-0.2, 0) is 26.2 Å². The van der Waals surface area contributed by atoms with E-state index in [1.807, 2.05) is 0 Å². The Bertz CT molecular complexity index is 1180. The van der Waals surface area contributed by atoms with Gasteiger partial charge in [0.05, 0.1) is 18.3 Å². The number of hydrogen-bond donors (Lipinski definition) is 2. The first-order valence-corrected chi connectivity index (χ1v) is 11.0. The average molecular weight is 458 g/mol. The van der Waals surface area contributed by atoms with Crippen molar-refractivity contribution in [2.24, 2.45) is 0 Å². The second kappa shape index (κ2) is 10.2. The molecule has 2 N–H and O–H groups in total. The van der Waals surface area contributed by atoms with E-state index < -0.39 is 15.9 Å². The molecule has 0 saturated carbocycles. The predicted octanol–water partition coefficient (Wildman–Crippen LogP) is 2.35. The zero-order valence-electron chi connectivity index (χ0n) is 17.6. The fourth-order valence-corrected chi connectivity index (χ4v) is 3.74. The van der Waals surface area contributed by atoms with Gasteiger partial charge in [-0.2, -0.15) is 0 Å². The molecule has 0 fully saturated rings. The molecule has 32 heavy (non-hydrogen) atoms. The summed E-state index contributed by atoms with van der Waals surface area (Å²) in [4.78, 5) is 33.4. The van der Waals surface area contributed by atoms with Crippen LogP contribution in [0.1, 0.15) is 16.8 Å². The van der Waals surface area contributed by atoms with Gasteiger partial charge in [-0.15, -0.1) is 0 Å². The monoisotopic (exact) mass is 457 g/mol. The summed E-state index contributed by atoms with van der Waals surface area (Å²) in [5, 5.41) is 5.47. The van der Waals surface area contributed by atoms with Gasteiger partial charge < -0.3 is 15.2 Å². The van der Waals surface area contributed by atoms with E-state index >= 15 is 0 Å². The largest absolute Gasteiger partial charge is 0.337 e. The van der Waals surface area contributed by atoms with E-state index in [9.17, 15) is 18.0 Å². The lowest BCUT2D eigenvalue weighted by atomic mass is 10.1. The van der Waals surface area contributed by atoms with Crippen LogP contribution in [0, 0.1) is 0 Å². The molecule has 0 aliphatic rings. The smallest absolute Gasteiger partial charge is 0.264 e. The molecule has 0 aliphatic heterocycles. The minimum Gasteiger partial charge on any atom is -0.337 e. The molecule has 10 nitrogen and oxygen atoms in total. The van der Waals surface area contributed by atoms with Crippen LogP contribution in [0.2, 0.25) is 0 Å². The molecule has 1 aromatic heterocycles. The topological polar surface area (TPSA) is 123 Å². The van der Waals surface area contributed by atoms with Gasteiger partial charge in [0.2, 0.25) is 5.91 Å². The van der Waals surface area contributed by atoms with Gasteiger partial charge in [-0.3, -0.25) is 14.4 Å². The first kappa shape index (κ1) is 23.1. The van der Waals surface area contributed by atoms with Crippen molar-refractivity contribution in [3.63, 3.8) is 0 Å². The number of nitrogens with zero attached hydrogens (tertiary/aromatic N) is 3. The van der Waals surface area contributed by atoms with E-state index in [-0.39, 0.29) is 17.2 Å². The molecule has 3 rings (SSSR count). The van der Waals surface area contributed by atoms with E-state index in [2.05, 4.69) is 15.6 Å². The minimum absolute atomic E-state index is 0.0280. The second-order valence-corrected chi connectivity index (χ2v) is 8.69. The molecular weight excluding hydrogens is 434 g/mol. The van der Waals surface area contributed by atoms with Crippen molar-refractivity contribution in [3.8, 4) is 0 Å². The molecule has 0 saturated heterocycles. The third-order valence-corrected chi connectivity index (χ3v) is 6.26. The molecule has 1 heterocycles. The Kier molecular flexibility index (Phi) is 7.36. The van der Waals surface area contributed by atoms with Crippen molar-refractivity contribution in [3.05, 3.63) is 72.8 Å². The van der Waals surface area contributed by atoms with Gasteiger partial charge in [-0.05, 0) is 42.5 Å². The van der Waals surface area contributed by atoms with Gasteiger partial charge in [-0.25, -0.2) is 13.4 Å². The summed E-state index contributed by atoms with van der Waals surface area (Å²) in [5.74, 6) is -0.585. The maximum Gasteiger partial charge on any atom is 0.264 e. The standard InChI is InChI=1S/C21H23N5O5S/c1-25(31-2)32(29,30)19-8-6-17(7-9-19)24-21(28)16-4-3-5-18(14-16)23-20(27)10-12-26-13-11-22-15-26/h3-9,11,13-15H,10,12H2,1-2H3,(H,23,27)(H,24,28). The molecule has 0 atom stereocenters. The Morgan fingerprint density at radius 3 is 2.50 bits per heavy atom. The van der Waals surface area contributed by atoms with Crippen molar-refractivity contribution in [2.45, 2.75) is 17.9 Å². The number of carbonyl (C=O) groups excluding carboxylic acids is 2. The van der Waals surface area contributed by atoms with E-state index in [1.54, 1.807) is 47.6 Å². The highest BCUT2D eigenvalue weighted by molar-refractivity contribution is 7.89. The van der Waals surface area contributed by atoms with Gasteiger partial charge >= 0.3 is 0 Å². The van der Waals surface area contributed by atoms with Crippen molar-refractivity contribution >= 4 is 33.2 Å². The molecular formula is C21H23N5O5S. The Morgan fingerprint density at radius 1 is 1.09 bits per heavy atom. The Morgan fingerprint density at radius 2 is 1.84 bits per heavy atom. The summed E-state index contributed by atoms with van der Waals surface area (Å²) in [6.07, 6.45) is 5.32. The Labute approximate surface area is 185 Å². The van der Waals surface area contributed by atoms with Crippen LogP contribution >= 0.6 is 0 Å². The number of carbonyl (C=O) groups is 2. The number of imidazole rings is 1. The van der Waals surface area contributed by atoms with E-state index in [4.69, 9.17) is 4.84 Å². The maximum absolute atomic E-state index is 12.6. The molecule has 0 spiro atoms. The lowest BCUT2D eigenvalue weighted by Crippen LogP contribution is -2.25. The third-order valence-electron chi connectivity index (χ3n) is 4.57. The first-order chi connectivity index (χ1) is 15.3. The number of aromatic nitrogens is 2. The summed E-state index contributed by atoms with van der Waals surface area (Å²) in [6, 6.07) is 12.2. The first-order valence-electron chi connectivity index (χ1n) is 9.59. The molecule has 0 bridgehead atoms. The van der Waals surface area contributed by atoms with Crippen LogP contribution in [0.4, 0.5) is 11.4 Å². The predicted molar refractivity (Wildman–Crippen MR) is 118 cm³/mol. The molecule has 2 aromatic carbocycles. The highest BCUT2D eigenvalue weighted by Crippen LogP contribution is 2.19. The number of amides is 2. The zero-order chi connectivity index (χ0) is 23.1. The number of rotatable bonds is 9. The second-order valence-electron chi connectivity index (χ2n) is 6.76. The number of benzene rings is 2. The normalized spacial score (nSPS) is 11.3. The molecule has 11 heteroatoms. The van der Waals surface area contributed by atoms with Crippen LogP contribution in [0.3, 0.4) is 0 Å². The number of sulfonamides is 1. The van der Waals surface area contributed by atoms with Gasteiger partial charge in [-0.1, -0.05) is 10.5 Å². The third kappa shape index (κ3) is 5.78. The van der Waals surface area contributed by atoms with Crippen molar-refractivity contribution in [2.75, 3.05) is 24.8 Å². The highest BCUT2D eigenvalue weighted by atomic mass is 32.2. The summed E-state index contributed by atoms with van der Waals surface area (Å²) >= 11 is 0. The molecule has 168 valence electrons. The van der Waals surface area contributed by atoms with E-state index in [0.29, 0.717) is 23.5 Å². The van der Waals surface area contributed by atoms with Gasteiger partial charge in [0, 0.05) is 49.3 Å². The van der Waals surface area contributed by atoms with Crippen LogP contribution in [0.25, 0.3) is 0 Å². The zero-order valence-corrected chi connectivity index (χ0v) is 18.4. The number of aryl methyl sites for hydroxylation is 1. The SMILES string of the molecule is CON(C)S(=O)(=O)c1ccc(NC(=O)c2cccc(NC(=O)CCn3ccnc3)c2)cc1. The quantitative estimate of drug-likeness (QED) is 0.476. The van der Waals surface area contributed by atoms with E-state index in [0.717, 1.165) is 4.47 Å². The summed E-state index contributed by atoms with van der Waals surface area (Å²) in [6.45, 7) is 0.498.